The lowest BCUT2D eigenvalue weighted by molar-refractivity contribution is -0.385. The molecule has 4 rings (SSSR count). The third kappa shape index (κ3) is 5.11. The zero-order chi connectivity index (χ0) is 23.2. The van der Waals surface area contributed by atoms with E-state index in [0.29, 0.717) is 11.1 Å². The van der Waals surface area contributed by atoms with Crippen LogP contribution in [0.5, 0.6) is 5.75 Å². The third-order valence-electron chi connectivity index (χ3n) is 4.74. The molecule has 0 aliphatic heterocycles. The normalized spacial score (nSPS) is 11.3. The van der Waals surface area contributed by atoms with Crippen LogP contribution in [0.2, 0.25) is 0 Å². The predicted molar refractivity (Wildman–Crippen MR) is 124 cm³/mol. The second kappa shape index (κ2) is 9.57. The van der Waals surface area contributed by atoms with Gasteiger partial charge in [-0.2, -0.15) is 0 Å². The van der Waals surface area contributed by atoms with Gasteiger partial charge in [0.15, 0.2) is 5.76 Å². The van der Waals surface area contributed by atoms with E-state index in [1.165, 1.54) is 30.4 Å². The summed E-state index contributed by atoms with van der Waals surface area (Å²) >= 11 is 0. The molecule has 0 N–H and O–H groups in total. The van der Waals surface area contributed by atoms with Crippen LogP contribution in [0.25, 0.3) is 23.1 Å². The first-order valence-electron chi connectivity index (χ1n) is 9.94. The van der Waals surface area contributed by atoms with Gasteiger partial charge in [-0.1, -0.05) is 48.5 Å². The van der Waals surface area contributed by atoms with Gasteiger partial charge < -0.3 is 9.15 Å². The minimum atomic E-state index is -0.711. The number of rotatable bonds is 7. The van der Waals surface area contributed by atoms with Crippen molar-refractivity contribution in [3.8, 4) is 5.75 Å². The zero-order valence-electron chi connectivity index (χ0n) is 17.2. The summed E-state index contributed by atoms with van der Waals surface area (Å²) in [5.41, 5.74) is 1.29. The number of nitro benzene ring substituents is 1. The molecule has 0 bridgehead atoms. The molecule has 0 atom stereocenters. The molecule has 7 heteroatoms. The SMILES string of the molecule is O=C(C=Cc1ccccc1[N+](=O)[O-])Oc1ccccc1C=CC(=O)c1cc2ccccc2o1. The number of fused-ring (bicyclic) bond motifs is 1. The maximum atomic E-state index is 12.5. The number of ether oxygens (including phenoxy) is 1. The van der Waals surface area contributed by atoms with Gasteiger partial charge in [-0.15, -0.1) is 0 Å². The molecule has 0 unspecified atom stereocenters. The molecule has 0 saturated heterocycles. The van der Waals surface area contributed by atoms with Crippen molar-refractivity contribution < 1.29 is 23.7 Å². The summed E-state index contributed by atoms with van der Waals surface area (Å²) in [5, 5.41) is 11.9. The molecule has 0 saturated carbocycles. The molecule has 1 heterocycles. The van der Waals surface area contributed by atoms with Crippen molar-refractivity contribution >= 4 is 40.6 Å². The maximum Gasteiger partial charge on any atom is 0.336 e. The fourth-order valence-corrected chi connectivity index (χ4v) is 3.16. The number of hydrogen-bond acceptors (Lipinski definition) is 6. The van der Waals surface area contributed by atoms with Crippen molar-refractivity contribution in [1.29, 1.82) is 0 Å². The number of allylic oxidation sites excluding steroid dienone is 1. The lowest BCUT2D eigenvalue weighted by atomic mass is 10.1. The van der Waals surface area contributed by atoms with Gasteiger partial charge in [-0.05, 0) is 42.5 Å². The van der Waals surface area contributed by atoms with Gasteiger partial charge in [-0.3, -0.25) is 14.9 Å². The van der Waals surface area contributed by atoms with Crippen molar-refractivity contribution in [1.82, 2.24) is 0 Å². The van der Waals surface area contributed by atoms with E-state index in [9.17, 15) is 19.7 Å². The number of esters is 1. The van der Waals surface area contributed by atoms with Crippen LogP contribution >= 0.6 is 0 Å². The summed E-state index contributed by atoms with van der Waals surface area (Å²) in [5.74, 6) is -0.598. The summed E-state index contributed by atoms with van der Waals surface area (Å²) in [7, 11) is 0. The number of carbonyl (C=O) groups excluding carboxylic acids is 2. The monoisotopic (exact) mass is 439 g/mol. The van der Waals surface area contributed by atoms with Crippen LogP contribution < -0.4 is 4.74 Å². The highest BCUT2D eigenvalue weighted by atomic mass is 16.6. The van der Waals surface area contributed by atoms with Crippen LogP contribution in [0.15, 0.2) is 95.4 Å². The fraction of sp³-hybridized carbons (Fsp3) is 0. The minimum Gasteiger partial charge on any atom is -0.453 e. The molecule has 4 aromatic rings. The van der Waals surface area contributed by atoms with E-state index in [1.807, 2.05) is 18.2 Å². The van der Waals surface area contributed by atoms with Crippen molar-refractivity contribution in [3.63, 3.8) is 0 Å². The molecule has 162 valence electrons. The number of nitro groups is 1. The Balaban J connectivity index is 1.49. The van der Waals surface area contributed by atoms with Gasteiger partial charge >= 0.3 is 5.97 Å². The van der Waals surface area contributed by atoms with Gasteiger partial charge in [0.2, 0.25) is 5.78 Å². The standard InChI is InChI=1S/C26H17NO6/c28-22(25-17-20-9-3-6-12-24(20)32-25)15-13-19-8-2-5-11-23(19)33-26(29)16-14-18-7-1-4-10-21(18)27(30)31/h1-17H. The molecule has 33 heavy (non-hydrogen) atoms. The topological polar surface area (TPSA) is 99.6 Å². The van der Waals surface area contributed by atoms with Gasteiger partial charge in [0.05, 0.1) is 10.5 Å². The maximum absolute atomic E-state index is 12.5. The van der Waals surface area contributed by atoms with Crippen molar-refractivity contribution in [2.45, 2.75) is 0 Å². The first kappa shape index (κ1) is 21.5. The van der Waals surface area contributed by atoms with Gasteiger partial charge in [0.25, 0.3) is 5.69 Å². The summed E-state index contributed by atoms with van der Waals surface area (Å²) in [6.45, 7) is 0. The largest absolute Gasteiger partial charge is 0.453 e. The molecule has 0 aliphatic carbocycles. The van der Waals surface area contributed by atoms with E-state index in [1.54, 1.807) is 48.5 Å². The molecule has 1 aromatic heterocycles. The van der Waals surface area contributed by atoms with Gasteiger partial charge in [0.1, 0.15) is 11.3 Å². The van der Waals surface area contributed by atoms with Crippen LogP contribution in [0.3, 0.4) is 0 Å². The van der Waals surface area contributed by atoms with E-state index in [-0.39, 0.29) is 28.5 Å². The molecule has 0 aliphatic rings. The Morgan fingerprint density at radius 2 is 1.52 bits per heavy atom. The van der Waals surface area contributed by atoms with Crippen LogP contribution in [0, 0.1) is 10.1 Å². The molecule has 0 radical (unpaired) electrons. The summed E-state index contributed by atoms with van der Waals surface area (Å²) < 4.78 is 10.9. The highest BCUT2D eigenvalue weighted by Gasteiger charge is 2.12. The number of para-hydroxylation sites is 3. The molecule has 0 spiro atoms. The van der Waals surface area contributed by atoms with E-state index < -0.39 is 10.9 Å². The lowest BCUT2D eigenvalue weighted by Crippen LogP contribution is -2.05. The average molecular weight is 439 g/mol. The number of hydrogen-bond donors (Lipinski definition) is 0. The predicted octanol–water partition coefficient (Wildman–Crippen LogP) is 5.86. The van der Waals surface area contributed by atoms with Crippen molar-refractivity contribution in [2.75, 3.05) is 0 Å². The molecule has 7 nitrogen and oxygen atoms in total. The minimum absolute atomic E-state index is 0.117. The third-order valence-corrected chi connectivity index (χ3v) is 4.74. The Bertz CT molecular complexity index is 1380. The van der Waals surface area contributed by atoms with E-state index in [2.05, 4.69) is 0 Å². The smallest absolute Gasteiger partial charge is 0.336 e. The number of benzene rings is 3. The Morgan fingerprint density at radius 3 is 2.30 bits per heavy atom. The second-order valence-corrected chi connectivity index (χ2v) is 6.95. The lowest BCUT2D eigenvalue weighted by Gasteiger charge is -2.05. The molecule has 3 aromatic carbocycles. The zero-order valence-corrected chi connectivity index (χ0v) is 17.2. The van der Waals surface area contributed by atoms with Crippen LogP contribution in [-0.2, 0) is 4.79 Å². The first-order chi connectivity index (χ1) is 16.0. The fourth-order valence-electron chi connectivity index (χ4n) is 3.16. The number of ketones is 1. The molecule has 0 fully saturated rings. The Morgan fingerprint density at radius 1 is 0.848 bits per heavy atom. The van der Waals surface area contributed by atoms with Crippen molar-refractivity contribution in [2.24, 2.45) is 0 Å². The Hall–Kier alpha value is -4.78. The number of furan rings is 1. The highest BCUT2D eigenvalue weighted by molar-refractivity contribution is 6.07. The number of carbonyl (C=O) groups is 2. The van der Waals surface area contributed by atoms with E-state index in [4.69, 9.17) is 9.15 Å². The molecule has 0 amide bonds. The van der Waals surface area contributed by atoms with Crippen molar-refractivity contribution in [3.05, 3.63) is 118 Å². The molecular formula is C26H17NO6. The van der Waals surface area contributed by atoms with Crippen LogP contribution in [0.1, 0.15) is 21.7 Å². The van der Waals surface area contributed by atoms with E-state index >= 15 is 0 Å². The molecular weight excluding hydrogens is 422 g/mol. The van der Waals surface area contributed by atoms with Gasteiger partial charge in [0, 0.05) is 23.1 Å². The quantitative estimate of drug-likeness (QED) is 0.0893. The first-order valence-corrected chi connectivity index (χ1v) is 9.94. The summed E-state index contributed by atoms with van der Waals surface area (Å²) in [6.07, 6.45) is 5.31. The number of nitrogens with zero attached hydrogens (tertiary/aromatic N) is 1. The second-order valence-electron chi connectivity index (χ2n) is 6.95. The van der Waals surface area contributed by atoms with Crippen LogP contribution in [-0.4, -0.2) is 16.7 Å². The highest BCUT2D eigenvalue weighted by Crippen LogP contribution is 2.23. The Labute approximate surface area is 188 Å². The average Bonchev–Trinajstić information content (AvgIpc) is 3.26. The van der Waals surface area contributed by atoms with Crippen LogP contribution in [0.4, 0.5) is 5.69 Å². The van der Waals surface area contributed by atoms with E-state index in [0.717, 1.165) is 11.5 Å². The summed E-state index contributed by atoms with van der Waals surface area (Å²) in [6, 6.07) is 21.8. The Kier molecular flexibility index (Phi) is 6.22. The summed E-state index contributed by atoms with van der Waals surface area (Å²) in [4.78, 5) is 35.4. The van der Waals surface area contributed by atoms with Gasteiger partial charge in [-0.25, -0.2) is 4.79 Å².